The van der Waals surface area contributed by atoms with E-state index in [1.807, 2.05) is 24.3 Å². The lowest BCUT2D eigenvalue weighted by atomic mass is 9.98. The van der Waals surface area contributed by atoms with Gasteiger partial charge in [-0.2, -0.15) is 4.31 Å². The number of fused-ring (bicyclic) bond motifs is 1. The average molecular weight is 348 g/mol. The Morgan fingerprint density at radius 1 is 1.13 bits per heavy atom. The molecule has 0 N–H and O–H groups in total. The minimum absolute atomic E-state index is 0.178. The molecule has 1 fully saturated rings. The Morgan fingerprint density at radius 3 is 2.61 bits per heavy atom. The van der Waals surface area contributed by atoms with Gasteiger partial charge in [0, 0.05) is 19.0 Å². The number of benzene rings is 1. The first-order valence-corrected chi connectivity index (χ1v) is 9.86. The molecule has 120 valence electrons. The third kappa shape index (κ3) is 2.69. The van der Waals surface area contributed by atoms with Gasteiger partial charge in [-0.05, 0) is 36.4 Å². The van der Waals surface area contributed by atoms with E-state index in [-0.39, 0.29) is 5.92 Å². The predicted molar refractivity (Wildman–Crippen MR) is 89.1 cm³/mol. The number of hydrogen-bond acceptors (Lipinski definition) is 5. The standard InChI is InChI=1S/C16H16N2O3S2/c19-23(20,15-6-3-11-22-15)18-9-7-12(8-10-18)16-17-13-4-1-2-5-14(13)21-16/h1-6,11-12H,7-10H2. The highest BCUT2D eigenvalue weighted by molar-refractivity contribution is 7.91. The van der Waals surface area contributed by atoms with E-state index in [0.717, 1.165) is 29.8 Å². The van der Waals surface area contributed by atoms with Crippen LogP contribution >= 0.6 is 11.3 Å². The molecule has 7 heteroatoms. The fraction of sp³-hybridized carbons (Fsp3) is 0.312. The zero-order valence-electron chi connectivity index (χ0n) is 12.4. The van der Waals surface area contributed by atoms with Crippen molar-refractivity contribution in [2.24, 2.45) is 0 Å². The molecule has 0 aliphatic carbocycles. The number of para-hydroxylation sites is 2. The SMILES string of the molecule is O=S(=O)(c1cccs1)N1CCC(c2nc3ccccc3o2)CC1. The van der Waals surface area contributed by atoms with Crippen molar-refractivity contribution in [2.45, 2.75) is 23.0 Å². The number of sulfonamides is 1. The van der Waals surface area contributed by atoms with Gasteiger partial charge in [-0.25, -0.2) is 13.4 Å². The van der Waals surface area contributed by atoms with E-state index in [9.17, 15) is 8.42 Å². The second kappa shape index (κ2) is 5.74. The fourth-order valence-electron chi connectivity index (χ4n) is 2.95. The van der Waals surface area contributed by atoms with Crippen molar-refractivity contribution in [1.82, 2.24) is 9.29 Å². The van der Waals surface area contributed by atoms with Crippen molar-refractivity contribution in [3.63, 3.8) is 0 Å². The van der Waals surface area contributed by atoms with Crippen LogP contribution in [0.5, 0.6) is 0 Å². The summed E-state index contributed by atoms with van der Waals surface area (Å²) in [6, 6.07) is 11.1. The van der Waals surface area contributed by atoms with E-state index in [1.54, 1.807) is 21.8 Å². The van der Waals surface area contributed by atoms with Crippen molar-refractivity contribution in [3.8, 4) is 0 Å². The molecule has 1 saturated heterocycles. The highest BCUT2D eigenvalue weighted by Gasteiger charge is 2.32. The van der Waals surface area contributed by atoms with Crippen LogP contribution in [-0.4, -0.2) is 30.8 Å². The molecule has 1 aromatic carbocycles. The number of piperidine rings is 1. The van der Waals surface area contributed by atoms with Crippen LogP contribution in [0.15, 0.2) is 50.4 Å². The van der Waals surface area contributed by atoms with Gasteiger partial charge < -0.3 is 4.42 Å². The van der Waals surface area contributed by atoms with Gasteiger partial charge in [0.2, 0.25) is 0 Å². The highest BCUT2D eigenvalue weighted by atomic mass is 32.2. The molecule has 0 radical (unpaired) electrons. The van der Waals surface area contributed by atoms with Crippen LogP contribution in [0.25, 0.3) is 11.1 Å². The molecule has 5 nitrogen and oxygen atoms in total. The maximum Gasteiger partial charge on any atom is 0.252 e. The first-order chi connectivity index (χ1) is 11.1. The summed E-state index contributed by atoms with van der Waals surface area (Å²) in [4.78, 5) is 4.54. The van der Waals surface area contributed by atoms with Crippen LogP contribution in [0, 0.1) is 0 Å². The predicted octanol–water partition coefficient (Wildman–Crippen LogP) is 3.46. The fourth-order valence-corrected chi connectivity index (χ4v) is 5.56. The molecule has 2 aromatic heterocycles. The minimum Gasteiger partial charge on any atom is -0.440 e. The summed E-state index contributed by atoms with van der Waals surface area (Å²) in [5, 5.41) is 1.79. The van der Waals surface area contributed by atoms with Crippen molar-refractivity contribution >= 4 is 32.5 Å². The van der Waals surface area contributed by atoms with Crippen LogP contribution in [-0.2, 0) is 10.0 Å². The molecular weight excluding hydrogens is 332 g/mol. The number of rotatable bonds is 3. The number of thiophene rings is 1. The van der Waals surface area contributed by atoms with E-state index in [0.29, 0.717) is 17.3 Å². The molecule has 1 aliphatic rings. The van der Waals surface area contributed by atoms with E-state index < -0.39 is 10.0 Å². The van der Waals surface area contributed by atoms with Gasteiger partial charge >= 0.3 is 0 Å². The number of oxazole rings is 1. The van der Waals surface area contributed by atoms with Gasteiger partial charge in [-0.3, -0.25) is 0 Å². The van der Waals surface area contributed by atoms with Crippen molar-refractivity contribution in [2.75, 3.05) is 13.1 Å². The third-order valence-electron chi connectivity index (χ3n) is 4.20. The molecule has 3 heterocycles. The van der Waals surface area contributed by atoms with E-state index in [2.05, 4.69) is 4.98 Å². The largest absolute Gasteiger partial charge is 0.440 e. The second-order valence-corrected chi connectivity index (χ2v) is 8.74. The lowest BCUT2D eigenvalue weighted by Crippen LogP contribution is -2.37. The highest BCUT2D eigenvalue weighted by Crippen LogP contribution is 2.32. The lowest BCUT2D eigenvalue weighted by molar-refractivity contribution is 0.294. The topological polar surface area (TPSA) is 63.4 Å². The Hall–Kier alpha value is -1.70. The van der Waals surface area contributed by atoms with Crippen LogP contribution in [0.1, 0.15) is 24.7 Å². The third-order valence-corrected chi connectivity index (χ3v) is 7.47. The summed E-state index contributed by atoms with van der Waals surface area (Å²) in [6.45, 7) is 1.01. The molecule has 0 spiro atoms. The molecule has 0 amide bonds. The summed E-state index contributed by atoms with van der Waals surface area (Å²) in [5.74, 6) is 0.900. The van der Waals surface area contributed by atoms with Crippen LogP contribution < -0.4 is 0 Å². The Labute approximate surface area is 138 Å². The quantitative estimate of drug-likeness (QED) is 0.727. The number of aromatic nitrogens is 1. The lowest BCUT2D eigenvalue weighted by Gasteiger charge is -2.29. The Bertz CT molecular complexity index is 875. The summed E-state index contributed by atoms with van der Waals surface area (Å²) in [6.07, 6.45) is 1.47. The van der Waals surface area contributed by atoms with Crippen molar-refractivity contribution in [3.05, 3.63) is 47.7 Å². The number of nitrogens with zero attached hydrogens (tertiary/aromatic N) is 2. The Balaban J connectivity index is 1.51. The smallest absolute Gasteiger partial charge is 0.252 e. The normalized spacial score (nSPS) is 17.7. The summed E-state index contributed by atoms with van der Waals surface area (Å²) < 4.78 is 32.9. The maximum atomic E-state index is 12.5. The maximum absolute atomic E-state index is 12.5. The molecule has 1 aliphatic heterocycles. The number of hydrogen-bond donors (Lipinski definition) is 0. The van der Waals surface area contributed by atoms with Crippen LogP contribution in [0.3, 0.4) is 0 Å². The summed E-state index contributed by atoms with van der Waals surface area (Å²) in [7, 11) is -3.35. The first kappa shape index (κ1) is 14.9. The zero-order valence-corrected chi connectivity index (χ0v) is 14.0. The molecule has 4 rings (SSSR count). The van der Waals surface area contributed by atoms with E-state index in [1.165, 1.54) is 11.3 Å². The van der Waals surface area contributed by atoms with Crippen LogP contribution in [0.2, 0.25) is 0 Å². The molecule has 0 atom stereocenters. The second-order valence-electron chi connectivity index (χ2n) is 5.63. The van der Waals surface area contributed by atoms with Gasteiger partial charge in [0.25, 0.3) is 10.0 Å². The van der Waals surface area contributed by atoms with Crippen molar-refractivity contribution in [1.29, 1.82) is 0 Å². The minimum atomic E-state index is -3.35. The Morgan fingerprint density at radius 2 is 1.91 bits per heavy atom. The summed E-state index contributed by atoms with van der Waals surface area (Å²) in [5.41, 5.74) is 1.65. The molecular formula is C16H16N2O3S2. The van der Waals surface area contributed by atoms with Gasteiger partial charge in [0.1, 0.15) is 9.73 Å². The molecule has 23 heavy (non-hydrogen) atoms. The van der Waals surface area contributed by atoms with E-state index in [4.69, 9.17) is 4.42 Å². The molecule has 0 bridgehead atoms. The van der Waals surface area contributed by atoms with Gasteiger partial charge in [-0.15, -0.1) is 11.3 Å². The summed E-state index contributed by atoms with van der Waals surface area (Å²) >= 11 is 1.26. The molecule has 0 unspecified atom stereocenters. The van der Waals surface area contributed by atoms with E-state index >= 15 is 0 Å². The van der Waals surface area contributed by atoms with Gasteiger partial charge in [0.05, 0.1) is 0 Å². The zero-order chi connectivity index (χ0) is 15.9. The van der Waals surface area contributed by atoms with Gasteiger partial charge in [-0.1, -0.05) is 18.2 Å². The molecule has 3 aromatic rings. The van der Waals surface area contributed by atoms with Gasteiger partial charge in [0.15, 0.2) is 11.5 Å². The average Bonchev–Trinajstić information content (AvgIpc) is 3.24. The van der Waals surface area contributed by atoms with Crippen molar-refractivity contribution < 1.29 is 12.8 Å². The van der Waals surface area contributed by atoms with Crippen LogP contribution in [0.4, 0.5) is 0 Å². The first-order valence-electron chi connectivity index (χ1n) is 7.54. The monoisotopic (exact) mass is 348 g/mol. The Kier molecular flexibility index (Phi) is 3.71. The molecule has 0 saturated carbocycles.